The molecule has 0 aliphatic heterocycles. The Morgan fingerprint density at radius 3 is 2.57 bits per heavy atom. The van der Waals surface area contributed by atoms with E-state index >= 15 is 0 Å². The summed E-state index contributed by atoms with van der Waals surface area (Å²) in [5.74, 6) is 0.317. The van der Waals surface area contributed by atoms with Crippen molar-refractivity contribution in [2.75, 3.05) is 16.8 Å². The molecule has 0 aliphatic rings. The van der Waals surface area contributed by atoms with Crippen LogP contribution < -0.4 is 5.32 Å². The van der Waals surface area contributed by atoms with Crippen LogP contribution in [0.25, 0.3) is 0 Å². The van der Waals surface area contributed by atoms with E-state index < -0.39 is 17.6 Å². The number of halogens is 3. The van der Waals surface area contributed by atoms with Crippen LogP contribution in [-0.4, -0.2) is 22.4 Å². The van der Waals surface area contributed by atoms with E-state index in [0.717, 1.165) is 11.8 Å². The summed E-state index contributed by atoms with van der Waals surface area (Å²) in [6.45, 7) is 0. The molecule has 0 unspecified atom stereocenters. The number of alkyl halides is 3. The summed E-state index contributed by atoms with van der Waals surface area (Å²) in [6, 6.07) is 10.5. The lowest BCUT2D eigenvalue weighted by atomic mass is 10.1. The van der Waals surface area contributed by atoms with Crippen LogP contribution in [0.4, 0.5) is 18.9 Å². The van der Waals surface area contributed by atoms with Crippen molar-refractivity contribution >= 4 is 23.4 Å². The van der Waals surface area contributed by atoms with Crippen LogP contribution in [0, 0.1) is 0 Å². The summed E-state index contributed by atoms with van der Waals surface area (Å²) in [4.78, 5) is 16.0. The smallest absolute Gasteiger partial charge is 0.325 e. The molecule has 1 heterocycles. The maximum absolute atomic E-state index is 12.8. The predicted molar refractivity (Wildman–Crippen MR) is 85.3 cm³/mol. The van der Waals surface area contributed by atoms with Gasteiger partial charge in [0.05, 0.1) is 17.0 Å². The Morgan fingerprint density at radius 2 is 1.87 bits per heavy atom. The van der Waals surface area contributed by atoms with Crippen molar-refractivity contribution in [3.63, 3.8) is 0 Å². The zero-order valence-corrected chi connectivity index (χ0v) is 13.0. The van der Waals surface area contributed by atoms with Gasteiger partial charge in [-0.3, -0.25) is 9.78 Å². The molecular weight excluding hydrogens is 325 g/mol. The van der Waals surface area contributed by atoms with Crippen molar-refractivity contribution in [2.45, 2.75) is 12.6 Å². The molecule has 0 saturated heterocycles. The molecule has 0 fully saturated rings. The lowest BCUT2D eigenvalue weighted by Gasteiger charge is -2.13. The van der Waals surface area contributed by atoms with E-state index in [1.807, 2.05) is 18.2 Å². The number of hydrogen-bond acceptors (Lipinski definition) is 3. The van der Waals surface area contributed by atoms with E-state index in [4.69, 9.17) is 0 Å². The maximum Gasteiger partial charge on any atom is 0.418 e. The molecule has 0 spiro atoms. The van der Waals surface area contributed by atoms with Gasteiger partial charge in [-0.2, -0.15) is 24.9 Å². The quantitative estimate of drug-likeness (QED) is 0.808. The monoisotopic (exact) mass is 340 g/mol. The van der Waals surface area contributed by atoms with E-state index in [2.05, 4.69) is 10.3 Å². The lowest BCUT2D eigenvalue weighted by Crippen LogP contribution is -2.18. The highest BCUT2D eigenvalue weighted by Crippen LogP contribution is 2.34. The number of pyridine rings is 1. The number of thioether (sulfide) groups is 1. The van der Waals surface area contributed by atoms with Gasteiger partial charge in [-0.05, 0) is 36.4 Å². The Labute approximate surface area is 136 Å². The van der Waals surface area contributed by atoms with Gasteiger partial charge in [0, 0.05) is 11.9 Å². The fraction of sp³-hybridized carbons (Fsp3) is 0.250. The molecule has 3 nitrogen and oxygen atoms in total. The number of nitrogens with one attached hydrogen (secondary N) is 1. The standard InChI is InChI=1S/C16H15F3N2OS/c17-16(18,19)13-6-1-2-7-14(13)21-15(22)11-23-10-8-12-5-3-4-9-20-12/h1-7,9H,8,10-11H2,(H,21,22). The third-order valence-electron chi connectivity index (χ3n) is 2.97. The van der Waals surface area contributed by atoms with Crippen molar-refractivity contribution in [1.29, 1.82) is 0 Å². The van der Waals surface area contributed by atoms with E-state index in [1.54, 1.807) is 6.20 Å². The van der Waals surface area contributed by atoms with Gasteiger partial charge in [0.2, 0.25) is 5.91 Å². The van der Waals surface area contributed by atoms with Gasteiger partial charge in [0.15, 0.2) is 0 Å². The topological polar surface area (TPSA) is 42.0 Å². The van der Waals surface area contributed by atoms with Gasteiger partial charge in [0.25, 0.3) is 0 Å². The van der Waals surface area contributed by atoms with Crippen molar-refractivity contribution in [3.05, 3.63) is 59.9 Å². The van der Waals surface area contributed by atoms with Gasteiger partial charge in [0.1, 0.15) is 0 Å². The number of anilines is 1. The summed E-state index contributed by atoms with van der Waals surface area (Å²) in [7, 11) is 0. The average Bonchev–Trinajstić information content (AvgIpc) is 2.52. The first-order valence-electron chi connectivity index (χ1n) is 6.90. The molecule has 0 aliphatic carbocycles. The highest BCUT2D eigenvalue weighted by atomic mass is 32.2. The fourth-order valence-corrected chi connectivity index (χ4v) is 2.67. The molecule has 7 heteroatoms. The van der Waals surface area contributed by atoms with Gasteiger partial charge in [-0.25, -0.2) is 0 Å². The Hall–Kier alpha value is -2.02. The van der Waals surface area contributed by atoms with E-state index in [-0.39, 0.29) is 11.4 Å². The fourth-order valence-electron chi connectivity index (χ4n) is 1.91. The molecule has 1 N–H and O–H groups in total. The molecule has 1 aromatic heterocycles. The molecule has 0 atom stereocenters. The minimum Gasteiger partial charge on any atom is -0.325 e. The molecule has 2 rings (SSSR count). The second-order valence-corrected chi connectivity index (χ2v) is 5.82. The van der Waals surface area contributed by atoms with Crippen molar-refractivity contribution in [2.24, 2.45) is 0 Å². The molecule has 0 bridgehead atoms. The summed E-state index contributed by atoms with van der Waals surface area (Å²) in [5.41, 5.74) is -0.134. The largest absolute Gasteiger partial charge is 0.418 e. The highest BCUT2D eigenvalue weighted by molar-refractivity contribution is 7.99. The summed E-state index contributed by atoms with van der Waals surface area (Å²) < 4.78 is 38.5. The first-order chi connectivity index (χ1) is 11.0. The highest BCUT2D eigenvalue weighted by Gasteiger charge is 2.33. The Balaban J connectivity index is 1.81. The Bertz CT molecular complexity index is 647. The summed E-state index contributed by atoms with van der Waals surface area (Å²) in [6.07, 6.45) is -2.09. The lowest BCUT2D eigenvalue weighted by molar-refractivity contribution is -0.137. The van der Waals surface area contributed by atoms with E-state index in [1.165, 1.54) is 30.0 Å². The molecule has 0 saturated carbocycles. The second-order valence-electron chi connectivity index (χ2n) is 4.72. The third kappa shape index (κ3) is 5.59. The molecule has 1 aromatic carbocycles. The Kier molecular flexibility index (Phi) is 6.04. The first kappa shape index (κ1) is 17.3. The van der Waals surface area contributed by atoms with Gasteiger partial charge < -0.3 is 5.32 Å². The number of carbonyl (C=O) groups is 1. The SMILES string of the molecule is O=C(CSCCc1ccccn1)Nc1ccccc1C(F)(F)F. The van der Waals surface area contributed by atoms with Crippen LogP contribution in [0.5, 0.6) is 0 Å². The van der Waals surface area contributed by atoms with Crippen LogP contribution in [-0.2, 0) is 17.4 Å². The van der Waals surface area contributed by atoms with Crippen LogP contribution in [0.2, 0.25) is 0 Å². The zero-order chi connectivity index (χ0) is 16.7. The molecular formula is C16H15F3N2OS. The second kappa shape index (κ2) is 8.01. The molecule has 0 radical (unpaired) electrons. The van der Waals surface area contributed by atoms with Crippen LogP contribution in [0.15, 0.2) is 48.7 Å². The average molecular weight is 340 g/mol. The minimum absolute atomic E-state index is 0.0963. The number of hydrogen-bond donors (Lipinski definition) is 1. The normalized spacial score (nSPS) is 11.3. The third-order valence-corrected chi connectivity index (χ3v) is 3.93. The number of nitrogens with zero attached hydrogens (tertiary/aromatic N) is 1. The molecule has 122 valence electrons. The van der Waals surface area contributed by atoms with Crippen LogP contribution >= 0.6 is 11.8 Å². The van der Waals surface area contributed by atoms with Gasteiger partial charge in [-0.15, -0.1) is 0 Å². The number of benzene rings is 1. The zero-order valence-electron chi connectivity index (χ0n) is 12.1. The number of carbonyl (C=O) groups excluding carboxylic acids is 1. The van der Waals surface area contributed by atoms with E-state index in [0.29, 0.717) is 12.2 Å². The molecule has 2 aromatic rings. The summed E-state index contributed by atoms with van der Waals surface area (Å²) in [5, 5.41) is 2.32. The first-order valence-corrected chi connectivity index (χ1v) is 8.06. The van der Waals surface area contributed by atoms with E-state index in [9.17, 15) is 18.0 Å². The molecule has 23 heavy (non-hydrogen) atoms. The van der Waals surface area contributed by atoms with Crippen molar-refractivity contribution in [1.82, 2.24) is 4.98 Å². The summed E-state index contributed by atoms with van der Waals surface area (Å²) >= 11 is 1.36. The van der Waals surface area contributed by atoms with Crippen molar-refractivity contribution in [3.8, 4) is 0 Å². The van der Waals surface area contributed by atoms with Crippen LogP contribution in [0.3, 0.4) is 0 Å². The number of aryl methyl sites for hydroxylation is 1. The number of aromatic nitrogens is 1. The molecule has 1 amide bonds. The van der Waals surface area contributed by atoms with Gasteiger partial charge in [-0.1, -0.05) is 18.2 Å². The predicted octanol–water partition coefficient (Wildman–Crippen LogP) is 4.01. The van der Waals surface area contributed by atoms with Crippen molar-refractivity contribution < 1.29 is 18.0 Å². The number of amides is 1. The minimum atomic E-state index is -4.49. The maximum atomic E-state index is 12.8. The number of rotatable bonds is 6. The number of para-hydroxylation sites is 1. The van der Waals surface area contributed by atoms with Crippen LogP contribution in [0.1, 0.15) is 11.3 Å². The van der Waals surface area contributed by atoms with Gasteiger partial charge >= 0.3 is 6.18 Å². The Morgan fingerprint density at radius 1 is 1.13 bits per heavy atom.